The molecule has 1 unspecified atom stereocenters. The molecule has 2 rings (SSSR count). The standard InChI is InChI=1S/C15H16FN3O/c1-9(11-4-3-5-12(16)6-11)19-15(20)14-7-13(17)8-18-10(14)2/h3-9H,17H2,1-2H3,(H,19,20). The number of halogens is 1. The second-order valence-electron chi connectivity index (χ2n) is 4.65. The summed E-state index contributed by atoms with van der Waals surface area (Å²) >= 11 is 0. The van der Waals surface area contributed by atoms with Gasteiger partial charge in [-0.2, -0.15) is 0 Å². The minimum Gasteiger partial charge on any atom is -0.397 e. The zero-order valence-electron chi connectivity index (χ0n) is 11.4. The molecule has 104 valence electrons. The molecule has 0 aliphatic rings. The number of nitrogens with two attached hydrogens (primary N) is 1. The molecule has 0 radical (unpaired) electrons. The van der Waals surface area contributed by atoms with E-state index in [1.807, 2.05) is 0 Å². The van der Waals surface area contributed by atoms with Crippen LogP contribution in [0.5, 0.6) is 0 Å². The van der Waals surface area contributed by atoms with E-state index in [1.54, 1.807) is 32.0 Å². The number of carbonyl (C=O) groups is 1. The van der Waals surface area contributed by atoms with E-state index in [0.29, 0.717) is 22.5 Å². The summed E-state index contributed by atoms with van der Waals surface area (Å²) in [4.78, 5) is 16.2. The first kappa shape index (κ1) is 14.0. The van der Waals surface area contributed by atoms with Gasteiger partial charge >= 0.3 is 0 Å². The Morgan fingerprint density at radius 1 is 1.40 bits per heavy atom. The SMILES string of the molecule is Cc1ncc(N)cc1C(=O)NC(C)c1cccc(F)c1. The lowest BCUT2D eigenvalue weighted by Gasteiger charge is -2.15. The van der Waals surface area contributed by atoms with Crippen molar-refractivity contribution in [3.05, 3.63) is 59.2 Å². The fourth-order valence-electron chi connectivity index (χ4n) is 1.91. The van der Waals surface area contributed by atoms with E-state index in [2.05, 4.69) is 10.3 Å². The van der Waals surface area contributed by atoms with Crippen LogP contribution in [0.1, 0.15) is 34.6 Å². The molecule has 5 heteroatoms. The van der Waals surface area contributed by atoms with Crippen LogP contribution < -0.4 is 11.1 Å². The Morgan fingerprint density at radius 3 is 2.85 bits per heavy atom. The van der Waals surface area contributed by atoms with Crippen LogP contribution in [0, 0.1) is 12.7 Å². The summed E-state index contributed by atoms with van der Waals surface area (Å²) < 4.78 is 13.2. The second-order valence-corrected chi connectivity index (χ2v) is 4.65. The predicted molar refractivity (Wildman–Crippen MR) is 75.7 cm³/mol. The number of hydrogen-bond acceptors (Lipinski definition) is 3. The monoisotopic (exact) mass is 273 g/mol. The van der Waals surface area contributed by atoms with Crippen LogP contribution in [0.15, 0.2) is 36.5 Å². The number of carbonyl (C=O) groups excluding carboxylic acids is 1. The van der Waals surface area contributed by atoms with E-state index in [1.165, 1.54) is 18.3 Å². The smallest absolute Gasteiger partial charge is 0.253 e. The van der Waals surface area contributed by atoms with Crippen molar-refractivity contribution in [2.75, 3.05) is 5.73 Å². The van der Waals surface area contributed by atoms with Crippen LogP contribution >= 0.6 is 0 Å². The van der Waals surface area contributed by atoms with Crippen molar-refractivity contribution >= 4 is 11.6 Å². The van der Waals surface area contributed by atoms with E-state index >= 15 is 0 Å². The minimum absolute atomic E-state index is 0.279. The van der Waals surface area contributed by atoms with Crippen molar-refractivity contribution < 1.29 is 9.18 Å². The molecule has 0 aliphatic carbocycles. The maximum absolute atomic E-state index is 13.2. The highest BCUT2D eigenvalue weighted by atomic mass is 19.1. The Bertz CT molecular complexity index is 643. The summed E-state index contributed by atoms with van der Waals surface area (Å²) in [7, 11) is 0. The van der Waals surface area contributed by atoms with Gasteiger partial charge in [0.1, 0.15) is 5.82 Å². The molecule has 0 bridgehead atoms. The summed E-state index contributed by atoms with van der Waals surface area (Å²) in [6.45, 7) is 3.53. The minimum atomic E-state index is -0.328. The Kier molecular flexibility index (Phi) is 3.98. The van der Waals surface area contributed by atoms with Gasteiger partial charge in [0.15, 0.2) is 0 Å². The largest absolute Gasteiger partial charge is 0.397 e. The first-order valence-electron chi connectivity index (χ1n) is 6.26. The Labute approximate surface area is 116 Å². The summed E-state index contributed by atoms with van der Waals surface area (Å²) in [5.74, 6) is -0.607. The Hall–Kier alpha value is -2.43. The van der Waals surface area contributed by atoms with Crippen LogP contribution in [-0.2, 0) is 0 Å². The number of benzene rings is 1. The number of aromatic nitrogens is 1. The quantitative estimate of drug-likeness (QED) is 0.903. The normalized spacial score (nSPS) is 11.9. The fourth-order valence-corrected chi connectivity index (χ4v) is 1.91. The number of nitrogen functional groups attached to an aromatic ring is 1. The summed E-state index contributed by atoms with van der Waals surface area (Å²) in [6, 6.07) is 7.41. The topological polar surface area (TPSA) is 68.0 Å². The van der Waals surface area contributed by atoms with E-state index in [0.717, 1.165) is 0 Å². The third-order valence-electron chi connectivity index (χ3n) is 3.05. The molecule has 2 aromatic rings. The lowest BCUT2D eigenvalue weighted by atomic mass is 10.1. The zero-order chi connectivity index (χ0) is 14.7. The number of nitrogens with one attached hydrogen (secondary N) is 1. The number of aryl methyl sites for hydroxylation is 1. The molecule has 1 amide bonds. The molecule has 0 aliphatic heterocycles. The molecule has 20 heavy (non-hydrogen) atoms. The van der Waals surface area contributed by atoms with Gasteiger partial charge in [0.25, 0.3) is 5.91 Å². The first-order chi connectivity index (χ1) is 9.47. The van der Waals surface area contributed by atoms with Gasteiger partial charge in [0.2, 0.25) is 0 Å². The number of nitrogens with zero attached hydrogens (tertiary/aromatic N) is 1. The van der Waals surface area contributed by atoms with E-state index in [-0.39, 0.29) is 17.8 Å². The maximum Gasteiger partial charge on any atom is 0.253 e. The van der Waals surface area contributed by atoms with E-state index < -0.39 is 0 Å². The highest BCUT2D eigenvalue weighted by molar-refractivity contribution is 5.96. The molecular formula is C15H16FN3O. The summed E-state index contributed by atoms with van der Waals surface area (Å²) in [5.41, 5.74) is 7.79. The number of pyridine rings is 1. The van der Waals surface area contributed by atoms with Crippen molar-refractivity contribution in [3.63, 3.8) is 0 Å². The predicted octanol–water partition coefficient (Wildman–Crippen LogP) is 2.60. The number of anilines is 1. The van der Waals surface area contributed by atoms with Gasteiger partial charge in [-0.1, -0.05) is 12.1 Å². The van der Waals surface area contributed by atoms with Gasteiger partial charge in [-0.15, -0.1) is 0 Å². The van der Waals surface area contributed by atoms with Crippen LogP contribution in [0.3, 0.4) is 0 Å². The number of hydrogen-bond donors (Lipinski definition) is 2. The molecule has 3 N–H and O–H groups in total. The van der Waals surface area contributed by atoms with Gasteiger partial charge in [-0.25, -0.2) is 4.39 Å². The van der Waals surface area contributed by atoms with Gasteiger partial charge in [0, 0.05) is 0 Å². The van der Waals surface area contributed by atoms with Gasteiger partial charge in [-0.05, 0) is 37.6 Å². The highest BCUT2D eigenvalue weighted by Crippen LogP contribution is 2.16. The van der Waals surface area contributed by atoms with Crippen molar-refractivity contribution in [1.82, 2.24) is 10.3 Å². The molecule has 0 saturated heterocycles. The van der Waals surface area contributed by atoms with E-state index in [4.69, 9.17) is 5.73 Å². The highest BCUT2D eigenvalue weighted by Gasteiger charge is 2.14. The number of amides is 1. The number of rotatable bonds is 3. The zero-order valence-corrected chi connectivity index (χ0v) is 11.4. The van der Waals surface area contributed by atoms with Crippen molar-refractivity contribution in [1.29, 1.82) is 0 Å². The summed E-state index contributed by atoms with van der Waals surface area (Å²) in [6.07, 6.45) is 1.50. The second kappa shape index (κ2) is 5.69. The molecule has 0 saturated carbocycles. The first-order valence-corrected chi connectivity index (χ1v) is 6.26. The Morgan fingerprint density at radius 2 is 2.15 bits per heavy atom. The molecule has 1 aromatic heterocycles. The van der Waals surface area contributed by atoms with Crippen LogP contribution in [0.25, 0.3) is 0 Å². The van der Waals surface area contributed by atoms with Gasteiger partial charge < -0.3 is 11.1 Å². The van der Waals surface area contributed by atoms with Gasteiger partial charge in [0.05, 0.1) is 29.2 Å². The van der Waals surface area contributed by atoms with Crippen LogP contribution in [0.4, 0.5) is 10.1 Å². The molecule has 0 fully saturated rings. The third kappa shape index (κ3) is 3.12. The average Bonchev–Trinajstić information content (AvgIpc) is 2.41. The fraction of sp³-hybridized carbons (Fsp3) is 0.200. The van der Waals surface area contributed by atoms with Crippen molar-refractivity contribution in [3.8, 4) is 0 Å². The van der Waals surface area contributed by atoms with E-state index in [9.17, 15) is 9.18 Å². The molecule has 0 spiro atoms. The van der Waals surface area contributed by atoms with Crippen LogP contribution in [-0.4, -0.2) is 10.9 Å². The molecule has 1 aromatic carbocycles. The molecular weight excluding hydrogens is 257 g/mol. The molecule has 1 heterocycles. The Balaban J connectivity index is 2.17. The van der Waals surface area contributed by atoms with Crippen molar-refractivity contribution in [2.45, 2.75) is 19.9 Å². The molecule has 4 nitrogen and oxygen atoms in total. The molecule has 1 atom stereocenters. The van der Waals surface area contributed by atoms with Crippen LogP contribution in [0.2, 0.25) is 0 Å². The van der Waals surface area contributed by atoms with Gasteiger partial charge in [-0.3, -0.25) is 9.78 Å². The maximum atomic E-state index is 13.2. The average molecular weight is 273 g/mol. The van der Waals surface area contributed by atoms with Crippen molar-refractivity contribution in [2.24, 2.45) is 0 Å². The third-order valence-corrected chi connectivity index (χ3v) is 3.05. The lowest BCUT2D eigenvalue weighted by Crippen LogP contribution is -2.27. The summed E-state index contributed by atoms with van der Waals surface area (Å²) in [5, 5.41) is 2.81. The lowest BCUT2D eigenvalue weighted by molar-refractivity contribution is 0.0939.